The van der Waals surface area contributed by atoms with Crippen LogP contribution in [0.25, 0.3) is 11.3 Å². The van der Waals surface area contributed by atoms with E-state index in [-0.39, 0.29) is 30.1 Å². The number of imidazole rings is 1. The van der Waals surface area contributed by atoms with E-state index in [0.29, 0.717) is 24.0 Å². The van der Waals surface area contributed by atoms with Gasteiger partial charge in [0.2, 0.25) is 5.91 Å². The van der Waals surface area contributed by atoms with Crippen LogP contribution in [0.2, 0.25) is 0 Å². The van der Waals surface area contributed by atoms with Crippen LogP contribution in [0.5, 0.6) is 0 Å². The molecule has 2 aromatic carbocycles. The predicted octanol–water partition coefficient (Wildman–Crippen LogP) is 5.56. The maximum atomic E-state index is 13.9. The van der Waals surface area contributed by atoms with Gasteiger partial charge in [-0.1, -0.05) is 26.0 Å². The van der Waals surface area contributed by atoms with Gasteiger partial charge < -0.3 is 14.3 Å². The van der Waals surface area contributed by atoms with Crippen molar-refractivity contribution < 1.29 is 18.0 Å². The zero-order valence-electron chi connectivity index (χ0n) is 18.4. The number of aromatic nitrogens is 3. The summed E-state index contributed by atoms with van der Waals surface area (Å²) in [5, 5.41) is 2.89. The summed E-state index contributed by atoms with van der Waals surface area (Å²) in [7, 11) is 0. The summed E-state index contributed by atoms with van der Waals surface area (Å²) in [5.41, 5.74) is 1.87. The normalized spacial score (nSPS) is 11.2. The van der Waals surface area contributed by atoms with Crippen LogP contribution in [0.1, 0.15) is 43.5 Å². The lowest BCUT2D eigenvalue weighted by molar-refractivity contribution is -0.116. The molecule has 0 aliphatic rings. The molecular weight excluding hydrogens is 426 g/mol. The van der Waals surface area contributed by atoms with Crippen molar-refractivity contribution >= 4 is 11.6 Å². The fourth-order valence-electron chi connectivity index (χ4n) is 3.58. The fraction of sp³-hybridized carbons (Fsp3) is 0.240. The molecule has 0 saturated heterocycles. The maximum absolute atomic E-state index is 13.9. The van der Waals surface area contributed by atoms with Crippen molar-refractivity contribution in [2.75, 3.05) is 5.32 Å². The lowest BCUT2D eigenvalue weighted by atomic mass is 10.1. The van der Waals surface area contributed by atoms with Gasteiger partial charge in [0.1, 0.15) is 17.5 Å². The zero-order valence-corrected chi connectivity index (χ0v) is 18.4. The molecule has 0 spiro atoms. The molecule has 0 unspecified atom stereocenters. The number of nitrogens with zero attached hydrogens (tertiary/aromatic N) is 3. The van der Waals surface area contributed by atoms with Crippen LogP contribution in [-0.2, 0) is 17.8 Å². The highest BCUT2D eigenvalue weighted by molar-refractivity contribution is 5.90. The number of nitrogens with one attached hydrogen (secondary N) is 1. The Labute approximate surface area is 190 Å². The molecule has 0 saturated carbocycles. The van der Waals surface area contributed by atoms with E-state index >= 15 is 0 Å². The van der Waals surface area contributed by atoms with Crippen molar-refractivity contribution in [3.05, 3.63) is 90.0 Å². The SMILES string of the molecule is CC(C)c1nccn1Cc1cccc(NC(=O)CCc2ncc(-c3ccc(F)cc3F)o2)c1. The number of carbonyl (C=O) groups excluding carboxylic acids is 1. The molecule has 2 aromatic heterocycles. The van der Waals surface area contributed by atoms with Gasteiger partial charge in [0.05, 0.1) is 11.8 Å². The van der Waals surface area contributed by atoms with Crippen molar-refractivity contribution in [2.24, 2.45) is 0 Å². The highest BCUT2D eigenvalue weighted by atomic mass is 19.1. The van der Waals surface area contributed by atoms with Crippen LogP contribution >= 0.6 is 0 Å². The summed E-state index contributed by atoms with van der Waals surface area (Å²) < 4.78 is 34.6. The van der Waals surface area contributed by atoms with E-state index in [1.54, 1.807) is 6.20 Å². The minimum atomic E-state index is -0.730. The number of hydrogen-bond acceptors (Lipinski definition) is 4. The third kappa shape index (κ3) is 5.52. The number of rotatable bonds is 8. The van der Waals surface area contributed by atoms with Crippen LogP contribution in [-0.4, -0.2) is 20.4 Å². The number of hydrogen-bond donors (Lipinski definition) is 1. The molecule has 4 aromatic rings. The third-order valence-electron chi connectivity index (χ3n) is 5.14. The van der Waals surface area contributed by atoms with E-state index in [4.69, 9.17) is 4.42 Å². The summed E-state index contributed by atoms with van der Waals surface area (Å²) in [6, 6.07) is 10.9. The average molecular weight is 450 g/mol. The number of carbonyl (C=O) groups is 1. The third-order valence-corrected chi connectivity index (χ3v) is 5.14. The highest BCUT2D eigenvalue weighted by Crippen LogP contribution is 2.24. The molecule has 0 aliphatic heterocycles. The summed E-state index contributed by atoms with van der Waals surface area (Å²) in [5.74, 6) is 0.238. The van der Waals surface area contributed by atoms with Gasteiger partial charge in [0.25, 0.3) is 0 Å². The van der Waals surface area contributed by atoms with Gasteiger partial charge in [-0.05, 0) is 29.8 Å². The van der Waals surface area contributed by atoms with Crippen LogP contribution in [0.3, 0.4) is 0 Å². The monoisotopic (exact) mass is 450 g/mol. The van der Waals surface area contributed by atoms with Crippen LogP contribution in [0.4, 0.5) is 14.5 Å². The maximum Gasteiger partial charge on any atom is 0.224 e. The smallest absolute Gasteiger partial charge is 0.224 e. The van der Waals surface area contributed by atoms with Crippen LogP contribution < -0.4 is 5.32 Å². The molecule has 2 heterocycles. The van der Waals surface area contributed by atoms with Crippen molar-refractivity contribution in [1.29, 1.82) is 0 Å². The van der Waals surface area contributed by atoms with Crippen molar-refractivity contribution in [1.82, 2.24) is 14.5 Å². The van der Waals surface area contributed by atoms with E-state index < -0.39 is 11.6 Å². The number of oxazole rings is 1. The topological polar surface area (TPSA) is 73.0 Å². The number of aryl methyl sites for hydroxylation is 1. The van der Waals surface area contributed by atoms with Gasteiger partial charge >= 0.3 is 0 Å². The van der Waals surface area contributed by atoms with Crippen molar-refractivity contribution in [2.45, 2.75) is 39.2 Å². The Bertz CT molecular complexity index is 1260. The minimum absolute atomic E-state index is 0.120. The summed E-state index contributed by atoms with van der Waals surface area (Å²) in [4.78, 5) is 20.9. The van der Waals surface area contributed by atoms with E-state index in [1.165, 1.54) is 12.3 Å². The van der Waals surface area contributed by atoms with Crippen LogP contribution in [0, 0.1) is 11.6 Å². The zero-order chi connectivity index (χ0) is 23.4. The second-order valence-corrected chi connectivity index (χ2v) is 8.06. The number of benzene rings is 2. The second-order valence-electron chi connectivity index (χ2n) is 8.06. The summed E-state index contributed by atoms with van der Waals surface area (Å²) in [6.07, 6.45) is 5.51. The van der Waals surface area contributed by atoms with Gasteiger partial charge in [-0.2, -0.15) is 0 Å². The second kappa shape index (κ2) is 9.77. The van der Waals surface area contributed by atoms with E-state index in [1.807, 2.05) is 30.5 Å². The van der Waals surface area contributed by atoms with E-state index in [9.17, 15) is 13.6 Å². The van der Waals surface area contributed by atoms with Crippen LogP contribution in [0.15, 0.2) is 65.5 Å². The van der Waals surface area contributed by atoms with Gasteiger partial charge in [0.15, 0.2) is 11.7 Å². The Hall–Kier alpha value is -3.81. The number of amides is 1. The van der Waals surface area contributed by atoms with Gasteiger partial charge in [-0.3, -0.25) is 4.79 Å². The molecular formula is C25H24F2N4O2. The molecule has 6 nitrogen and oxygen atoms in total. The molecule has 0 fully saturated rings. The Kier molecular flexibility index (Phi) is 6.63. The van der Waals surface area contributed by atoms with Gasteiger partial charge in [-0.15, -0.1) is 0 Å². The molecule has 0 aliphatic carbocycles. The Balaban J connectivity index is 1.34. The molecule has 8 heteroatoms. The van der Waals surface area contributed by atoms with Crippen molar-refractivity contribution in [3.63, 3.8) is 0 Å². The summed E-state index contributed by atoms with van der Waals surface area (Å²) >= 11 is 0. The minimum Gasteiger partial charge on any atom is -0.441 e. The molecule has 1 N–H and O–H groups in total. The Morgan fingerprint density at radius 2 is 2.00 bits per heavy atom. The lowest BCUT2D eigenvalue weighted by Gasteiger charge is -2.12. The largest absolute Gasteiger partial charge is 0.441 e. The first-order valence-corrected chi connectivity index (χ1v) is 10.7. The molecule has 0 radical (unpaired) electrons. The quantitative estimate of drug-likeness (QED) is 0.382. The average Bonchev–Trinajstić information content (AvgIpc) is 3.42. The number of anilines is 1. The fourth-order valence-corrected chi connectivity index (χ4v) is 3.58. The molecule has 33 heavy (non-hydrogen) atoms. The molecule has 0 atom stereocenters. The first kappa shape index (κ1) is 22.4. The van der Waals surface area contributed by atoms with Gasteiger partial charge in [0, 0.05) is 49.5 Å². The Morgan fingerprint density at radius 1 is 1.15 bits per heavy atom. The van der Waals surface area contributed by atoms with Gasteiger partial charge in [-0.25, -0.2) is 18.7 Å². The van der Waals surface area contributed by atoms with E-state index in [2.05, 4.69) is 33.7 Å². The molecule has 0 bridgehead atoms. The Morgan fingerprint density at radius 3 is 2.79 bits per heavy atom. The first-order valence-electron chi connectivity index (χ1n) is 10.7. The first-order chi connectivity index (χ1) is 15.9. The molecule has 1 amide bonds. The van der Waals surface area contributed by atoms with Crippen molar-refractivity contribution in [3.8, 4) is 11.3 Å². The van der Waals surface area contributed by atoms with E-state index in [0.717, 1.165) is 23.5 Å². The summed E-state index contributed by atoms with van der Waals surface area (Å²) in [6.45, 7) is 4.86. The standard InChI is InChI=1S/C25H24F2N4O2/c1-16(2)25-28-10-11-31(25)15-17-4-3-5-19(12-17)30-23(32)8-9-24-29-14-22(33-24)20-7-6-18(26)13-21(20)27/h3-7,10-14,16H,8-9,15H2,1-2H3,(H,30,32). The lowest BCUT2D eigenvalue weighted by Crippen LogP contribution is -2.13. The predicted molar refractivity (Wildman–Crippen MR) is 121 cm³/mol. The molecule has 170 valence electrons. The highest BCUT2D eigenvalue weighted by Gasteiger charge is 2.13. The number of halogens is 2. The molecule has 4 rings (SSSR count).